The van der Waals surface area contributed by atoms with Crippen molar-refractivity contribution in [3.63, 3.8) is 0 Å². The summed E-state index contributed by atoms with van der Waals surface area (Å²) < 4.78 is 35.7. The van der Waals surface area contributed by atoms with Gasteiger partial charge in [0, 0.05) is 0 Å². The van der Waals surface area contributed by atoms with Crippen molar-refractivity contribution in [3.8, 4) is 0 Å². The lowest BCUT2D eigenvalue weighted by Gasteiger charge is -2.02. The van der Waals surface area contributed by atoms with Crippen molar-refractivity contribution in [2.75, 3.05) is 0 Å². The van der Waals surface area contributed by atoms with E-state index in [2.05, 4.69) is 0 Å². The summed E-state index contributed by atoms with van der Waals surface area (Å²) in [5, 5.41) is 0. The third-order valence-corrected chi connectivity index (χ3v) is 2.76. The zero-order chi connectivity index (χ0) is 11.6. The molecule has 0 bridgehead atoms. The molecule has 1 aromatic rings. The molecule has 1 heterocycles. The van der Waals surface area contributed by atoms with Crippen LogP contribution >= 0.6 is 22.9 Å². The number of carbonyl (C=O) groups is 2. The second-order valence-electron chi connectivity index (χ2n) is 2.62. The minimum Gasteiger partial charge on any atom is -0.293 e. The van der Waals surface area contributed by atoms with E-state index in [1.165, 1.54) is 12.1 Å². The van der Waals surface area contributed by atoms with Gasteiger partial charge < -0.3 is 0 Å². The molecule has 0 aliphatic rings. The molecule has 0 aliphatic heterocycles. The van der Waals surface area contributed by atoms with Gasteiger partial charge in [0.2, 0.25) is 5.78 Å². The molecule has 0 spiro atoms. The molecule has 15 heavy (non-hydrogen) atoms. The number of thiophene rings is 1. The van der Waals surface area contributed by atoms with E-state index in [9.17, 15) is 22.8 Å². The summed E-state index contributed by atoms with van der Waals surface area (Å²) in [6.45, 7) is 0. The summed E-state index contributed by atoms with van der Waals surface area (Å²) in [4.78, 5) is 21.7. The molecule has 0 saturated carbocycles. The monoisotopic (exact) mass is 256 g/mol. The Morgan fingerprint density at radius 2 is 1.93 bits per heavy atom. The maximum Gasteiger partial charge on any atom is 0.450 e. The second-order valence-corrected chi connectivity index (χ2v) is 4.34. The summed E-state index contributed by atoms with van der Waals surface area (Å²) in [5.74, 6) is -2.91. The molecular formula is C8H4ClF3O2S. The number of Topliss-reactive ketones (excluding diaryl/α,β-unsaturated/α-hetero) is 2. The SMILES string of the molecule is O=C(CC(=O)C(F)(F)F)c1ccc(Cl)s1. The lowest BCUT2D eigenvalue weighted by atomic mass is 10.2. The lowest BCUT2D eigenvalue weighted by molar-refractivity contribution is -0.169. The van der Waals surface area contributed by atoms with Crippen molar-refractivity contribution in [2.45, 2.75) is 12.6 Å². The van der Waals surface area contributed by atoms with E-state index in [4.69, 9.17) is 11.6 Å². The molecule has 82 valence electrons. The van der Waals surface area contributed by atoms with Gasteiger partial charge in [-0.3, -0.25) is 9.59 Å². The fraction of sp³-hybridized carbons (Fsp3) is 0.250. The highest BCUT2D eigenvalue weighted by atomic mass is 35.5. The van der Waals surface area contributed by atoms with Gasteiger partial charge in [0.15, 0.2) is 5.78 Å². The zero-order valence-corrected chi connectivity index (χ0v) is 8.67. The Morgan fingerprint density at radius 3 is 2.33 bits per heavy atom. The molecule has 0 aliphatic carbocycles. The fourth-order valence-electron chi connectivity index (χ4n) is 0.797. The molecule has 0 unspecified atom stereocenters. The molecule has 0 N–H and O–H groups in total. The van der Waals surface area contributed by atoms with Crippen LogP contribution in [0.2, 0.25) is 4.34 Å². The first-order valence-electron chi connectivity index (χ1n) is 3.69. The minimum absolute atomic E-state index is 0.0533. The Bertz CT molecular complexity index is 397. The topological polar surface area (TPSA) is 34.1 Å². The Labute approximate surface area is 91.7 Å². The number of rotatable bonds is 3. The van der Waals surface area contributed by atoms with Gasteiger partial charge >= 0.3 is 6.18 Å². The first-order valence-corrected chi connectivity index (χ1v) is 4.88. The minimum atomic E-state index is -4.96. The van der Waals surface area contributed by atoms with Crippen LogP contribution < -0.4 is 0 Å². The average molecular weight is 257 g/mol. The molecular weight excluding hydrogens is 253 g/mol. The number of hydrogen-bond acceptors (Lipinski definition) is 3. The summed E-state index contributed by atoms with van der Waals surface area (Å²) in [6, 6.07) is 2.68. The zero-order valence-electron chi connectivity index (χ0n) is 7.10. The maximum atomic E-state index is 11.8. The van der Waals surface area contributed by atoms with Crippen LogP contribution in [0, 0.1) is 0 Å². The standard InChI is InChI=1S/C8H4ClF3O2S/c9-7-2-1-5(15-7)4(13)3-6(14)8(10,11)12/h1-2H,3H2. The van der Waals surface area contributed by atoms with Crippen LogP contribution in [0.3, 0.4) is 0 Å². The van der Waals surface area contributed by atoms with Gasteiger partial charge in [-0.15, -0.1) is 11.3 Å². The van der Waals surface area contributed by atoms with Gasteiger partial charge in [0.05, 0.1) is 15.6 Å². The van der Waals surface area contributed by atoms with E-state index >= 15 is 0 Å². The number of alkyl halides is 3. The average Bonchev–Trinajstić information content (AvgIpc) is 2.50. The second kappa shape index (κ2) is 4.32. The van der Waals surface area contributed by atoms with Crippen LogP contribution in [-0.2, 0) is 4.79 Å². The molecule has 0 amide bonds. The van der Waals surface area contributed by atoms with E-state index in [1.807, 2.05) is 0 Å². The van der Waals surface area contributed by atoms with Crippen LogP contribution in [0.15, 0.2) is 12.1 Å². The number of ketones is 2. The predicted octanol–water partition coefficient (Wildman–Crippen LogP) is 3.11. The smallest absolute Gasteiger partial charge is 0.293 e. The summed E-state index contributed by atoms with van der Waals surface area (Å²) in [6.07, 6.45) is -6.13. The van der Waals surface area contributed by atoms with Crippen molar-refractivity contribution in [2.24, 2.45) is 0 Å². The molecule has 0 radical (unpaired) electrons. The third kappa shape index (κ3) is 3.32. The van der Waals surface area contributed by atoms with Gasteiger partial charge in [0.25, 0.3) is 0 Å². The van der Waals surface area contributed by atoms with Crippen molar-refractivity contribution < 1.29 is 22.8 Å². The van der Waals surface area contributed by atoms with E-state index in [0.29, 0.717) is 0 Å². The molecule has 2 nitrogen and oxygen atoms in total. The highest BCUT2D eigenvalue weighted by molar-refractivity contribution is 7.18. The Hall–Kier alpha value is -0.880. The predicted molar refractivity (Wildman–Crippen MR) is 49.3 cm³/mol. The Balaban J connectivity index is 2.69. The number of halogens is 4. The molecule has 0 atom stereocenters. The van der Waals surface area contributed by atoms with E-state index in [-0.39, 0.29) is 9.21 Å². The first kappa shape index (κ1) is 12.2. The third-order valence-electron chi connectivity index (χ3n) is 1.49. The van der Waals surface area contributed by atoms with E-state index in [1.54, 1.807) is 0 Å². The highest BCUT2D eigenvalue weighted by Crippen LogP contribution is 2.24. The highest BCUT2D eigenvalue weighted by Gasteiger charge is 2.39. The van der Waals surface area contributed by atoms with Gasteiger partial charge in [0.1, 0.15) is 0 Å². The van der Waals surface area contributed by atoms with Gasteiger partial charge in [-0.1, -0.05) is 11.6 Å². The number of hydrogen-bond donors (Lipinski definition) is 0. The van der Waals surface area contributed by atoms with Gasteiger partial charge in [-0.2, -0.15) is 13.2 Å². The van der Waals surface area contributed by atoms with Crippen molar-refractivity contribution >= 4 is 34.5 Å². The molecule has 0 aromatic carbocycles. The largest absolute Gasteiger partial charge is 0.450 e. The Kier molecular flexibility index (Phi) is 3.51. The van der Waals surface area contributed by atoms with Crippen LogP contribution in [0.25, 0.3) is 0 Å². The Morgan fingerprint density at radius 1 is 1.33 bits per heavy atom. The molecule has 0 fully saturated rings. The van der Waals surface area contributed by atoms with Crippen molar-refractivity contribution in [1.82, 2.24) is 0 Å². The lowest BCUT2D eigenvalue weighted by Crippen LogP contribution is -2.25. The van der Waals surface area contributed by atoms with Crippen molar-refractivity contribution in [3.05, 3.63) is 21.3 Å². The maximum absolute atomic E-state index is 11.8. The van der Waals surface area contributed by atoms with E-state index in [0.717, 1.165) is 11.3 Å². The van der Waals surface area contributed by atoms with Crippen LogP contribution in [0.1, 0.15) is 16.1 Å². The van der Waals surface area contributed by atoms with Crippen molar-refractivity contribution in [1.29, 1.82) is 0 Å². The summed E-state index contributed by atoms with van der Waals surface area (Å²) in [5.41, 5.74) is 0. The molecule has 7 heteroatoms. The van der Waals surface area contributed by atoms with Crippen LogP contribution in [0.4, 0.5) is 13.2 Å². The van der Waals surface area contributed by atoms with Crippen LogP contribution in [0.5, 0.6) is 0 Å². The van der Waals surface area contributed by atoms with E-state index < -0.39 is 24.2 Å². The normalized spacial score (nSPS) is 11.5. The number of carbonyl (C=O) groups excluding carboxylic acids is 2. The van der Waals surface area contributed by atoms with Gasteiger partial charge in [-0.25, -0.2) is 0 Å². The summed E-state index contributed by atoms with van der Waals surface area (Å²) in [7, 11) is 0. The summed E-state index contributed by atoms with van der Waals surface area (Å²) >= 11 is 6.33. The fourth-order valence-corrected chi connectivity index (χ4v) is 1.78. The molecule has 0 saturated heterocycles. The molecule has 1 aromatic heterocycles. The van der Waals surface area contributed by atoms with Crippen LogP contribution in [-0.4, -0.2) is 17.7 Å². The first-order chi connectivity index (χ1) is 6.80. The van der Waals surface area contributed by atoms with Gasteiger partial charge in [-0.05, 0) is 12.1 Å². The molecule has 1 rings (SSSR count). The quantitative estimate of drug-likeness (QED) is 0.615.